The molecule has 7 heteroatoms. The standard InChI is InChI=1S/C32H33NO6/c1-6-7-18-37-25-15-11-22(12-16-25)29-33-26(31(35)39-29)19-21-8-17-27(28(20-21)36-5)38-30(34)23-9-13-24(14-10-23)32(2,3)4/h8-17,19-20H,6-7,18H2,1-5H3/b26-19-. The summed E-state index contributed by atoms with van der Waals surface area (Å²) in [4.78, 5) is 29.6. The second kappa shape index (κ2) is 12.0. The van der Waals surface area contributed by atoms with Crippen LogP contribution >= 0.6 is 0 Å². The highest BCUT2D eigenvalue weighted by molar-refractivity contribution is 6.12. The monoisotopic (exact) mass is 527 g/mol. The van der Waals surface area contributed by atoms with Gasteiger partial charge in [0.05, 0.1) is 19.3 Å². The van der Waals surface area contributed by atoms with Crippen LogP contribution in [0.2, 0.25) is 0 Å². The Labute approximate surface area is 229 Å². The van der Waals surface area contributed by atoms with E-state index in [-0.39, 0.29) is 22.8 Å². The summed E-state index contributed by atoms with van der Waals surface area (Å²) >= 11 is 0. The zero-order chi connectivity index (χ0) is 28.0. The molecule has 0 atom stereocenters. The van der Waals surface area contributed by atoms with Gasteiger partial charge in [0.15, 0.2) is 17.2 Å². The second-order valence-corrected chi connectivity index (χ2v) is 10.2. The Hall–Kier alpha value is -4.39. The van der Waals surface area contributed by atoms with Crippen molar-refractivity contribution in [3.05, 3.63) is 94.7 Å². The Bertz CT molecular complexity index is 1400. The van der Waals surface area contributed by atoms with Crippen LogP contribution < -0.4 is 14.2 Å². The number of unbranched alkanes of at least 4 members (excludes halogenated alkanes) is 1. The lowest BCUT2D eigenvalue weighted by Crippen LogP contribution is -2.13. The van der Waals surface area contributed by atoms with Crippen LogP contribution in [0, 0.1) is 0 Å². The lowest BCUT2D eigenvalue weighted by atomic mass is 9.87. The third kappa shape index (κ3) is 6.93. The average Bonchev–Trinajstić information content (AvgIpc) is 3.29. The molecule has 0 unspecified atom stereocenters. The number of nitrogens with zero attached hydrogens (tertiary/aromatic N) is 1. The molecule has 3 aromatic carbocycles. The molecule has 1 aliphatic rings. The first kappa shape index (κ1) is 27.6. The van der Waals surface area contributed by atoms with Gasteiger partial charge in [0.2, 0.25) is 5.90 Å². The number of rotatable bonds is 9. The van der Waals surface area contributed by atoms with Crippen LogP contribution in [0.15, 0.2) is 77.4 Å². The summed E-state index contributed by atoms with van der Waals surface area (Å²) in [6.07, 6.45) is 3.64. The molecule has 39 heavy (non-hydrogen) atoms. The Morgan fingerprint density at radius 3 is 2.33 bits per heavy atom. The number of carbonyl (C=O) groups is 2. The van der Waals surface area contributed by atoms with Crippen LogP contribution in [0.4, 0.5) is 0 Å². The number of cyclic esters (lactones) is 1. The molecule has 1 heterocycles. The minimum atomic E-state index is -0.554. The van der Waals surface area contributed by atoms with E-state index in [1.54, 1.807) is 48.5 Å². The van der Waals surface area contributed by atoms with E-state index in [9.17, 15) is 9.59 Å². The molecule has 0 radical (unpaired) electrons. The van der Waals surface area contributed by atoms with E-state index >= 15 is 0 Å². The first-order valence-corrected chi connectivity index (χ1v) is 12.9. The van der Waals surface area contributed by atoms with Crippen molar-refractivity contribution in [1.29, 1.82) is 0 Å². The molecule has 4 rings (SSSR count). The third-order valence-corrected chi connectivity index (χ3v) is 6.17. The van der Waals surface area contributed by atoms with E-state index in [4.69, 9.17) is 18.9 Å². The number of carbonyl (C=O) groups excluding carboxylic acids is 2. The van der Waals surface area contributed by atoms with Gasteiger partial charge in [-0.2, -0.15) is 0 Å². The molecule has 0 bridgehead atoms. The van der Waals surface area contributed by atoms with Gasteiger partial charge in [-0.25, -0.2) is 14.6 Å². The third-order valence-electron chi connectivity index (χ3n) is 6.17. The summed E-state index contributed by atoms with van der Waals surface area (Å²) in [6.45, 7) is 9.10. The molecule has 0 fully saturated rings. The van der Waals surface area contributed by atoms with Gasteiger partial charge in [-0.05, 0) is 77.6 Å². The summed E-state index contributed by atoms with van der Waals surface area (Å²) in [6, 6.07) is 19.6. The van der Waals surface area contributed by atoms with Crippen molar-refractivity contribution in [3.63, 3.8) is 0 Å². The molecule has 0 aromatic heterocycles. The Morgan fingerprint density at radius 2 is 1.69 bits per heavy atom. The molecule has 0 N–H and O–H groups in total. The number of hydrogen-bond donors (Lipinski definition) is 0. The molecule has 0 aliphatic carbocycles. The summed E-state index contributed by atoms with van der Waals surface area (Å²) in [5.41, 5.74) is 3.01. The van der Waals surface area contributed by atoms with Crippen LogP contribution in [0.1, 0.15) is 67.6 Å². The van der Waals surface area contributed by atoms with Crippen molar-refractivity contribution < 1.29 is 28.5 Å². The molecule has 7 nitrogen and oxygen atoms in total. The number of ether oxygens (including phenoxy) is 4. The molecule has 0 amide bonds. The number of hydrogen-bond acceptors (Lipinski definition) is 7. The second-order valence-electron chi connectivity index (χ2n) is 10.2. The number of aliphatic imine (C=N–C) groups is 1. The lowest BCUT2D eigenvalue weighted by Gasteiger charge is -2.19. The topological polar surface area (TPSA) is 83.4 Å². The number of benzene rings is 3. The molecule has 0 spiro atoms. The maximum atomic E-state index is 12.7. The first-order chi connectivity index (χ1) is 18.7. The highest BCUT2D eigenvalue weighted by atomic mass is 16.6. The zero-order valence-corrected chi connectivity index (χ0v) is 22.9. The molecule has 3 aromatic rings. The fourth-order valence-electron chi connectivity index (χ4n) is 3.84. The van der Waals surface area contributed by atoms with Gasteiger partial charge in [0, 0.05) is 5.56 Å². The predicted octanol–water partition coefficient (Wildman–Crippen LogP) is 6.74. The minimum Gasteiger partial charge on any atom is -0.494 e. The number of esters is 2. The molecule has 1 aliphatic heterocycles. The Morgan fingerprint density at radius 1 is 0.974 bits per heavy atom. The quantitative estimate of drug-likeness (QED) is 0.133. The van der Waals surface area contributed by atoms with Gasteiger partial charge in [-0.3, -0.25) is 0 Å². The van der Waals surface area contributed by atoms with Gasteiger partial charge in [0.25, 0.3) is 0 Å². The molecular formula is C32H33NO6. The van der Waals surface area contributed by atoms with Gasteiger partial charge >= 0.3 is 11.9 Å². The van der Waals surface area contributed by atoms with Gasteiger partial charge in [-0.1, -0.05) is 52.3 Å². The summed E-state index contributed by atoms with van der Waals surface area (Å²) in [7, 11) is 1.48. The van der Waals surface area contributed by atoms with Crippen molar-refractivity contribution >= 4 is 23.9 Å². The summed E-state index contributed by atoms with van der Waals surface area (Å²) < 4.78 is 22.1. The predicted molar refractivity (Wildman–Crippen MR) is 151 cm³/mol. The fraction of sp³-hybridized carbons (Fsp3) is 0.281. The van der Waals surface area contributed by atoms with Crippen molar-refractivity contribution in [2.45, 2.75) is 46.0 Å². The fourth-order valence-corrected chi connectivity index (χ4v) is 3.84. The van der Waals surface area contributed by atoms with Crippen LogP contribution in [-0.4, -0.2) is 31.6 Å². The van der Waals surface area contributed by atoms with Crippen molar-refractivity contribution in [1.82, 2.24) is 0 Å². The van der Waals surface area contributed by atoms with Gasteiger partial charge in [0.1, 0.15) is 5.75 Å². The SMILES string of the molecule is CCCCOc1ccc(C2=N/C(=C\c3ccc(OC(=O)c4ccc(C(C)(C)C)cc4)c(OC)c3)C(=O)O2)cc1. The van der Waals surface area contributed by atoms with Crippen LogP contribution in [-0.2, 0) is 14.9 Å². The first-order valence-electron chi connectivity index (χ1n) is 12.9. The molecule has 0 saturated carbocycles. The van der Waals surface area contributed by atoms with Crippen molar-refractivity contribution in [3.8, 4) is 17.2 Å². The van der Waals surface area contributed by atoms with Crippen LogP contribution in [0.25, 0.3) is 6.08 Å². The molecule has 0 saturated heterocycles. The van der Waals surface area contributed by atoms with Gasteiger partial charge in [-0.15, -0.1) is 0 Å². The van der Waals surface area contributed by atoms with Crippen molar-refractivity contribution in [2.24, 2.45) is 4.99 Å². The van der Waals surface area contributed by atoms with E-state index in [0.717, 1.165) is 24.2 Å². The van der Waals surface area contributed by atoms with Crippen LogP contribution in [0.3, 0.4) is 0 Å². The normalized spacial score (nSPS) is 14.1. The zero-order valence-electron chi connectivity index (χ0n) is 22.9. The van der Waals surface area contributed by atoms with Crippen molar-refractivity contribution in [2.75, 3.05) is 13.7 Å². The van der Waals surface area contributed by atoms with E-state index in [2.05, 4.69) is 32.7 Å². The molecule has 202 valence electrons. The maximum Gasteiger partial charge on any atom is 0.363 e. The largest absolute Gasteiger partial charge is 0.494 e. The molecular weight excluding hydrogens is 494 g/mol. The lowest BCUT2D eigenvalue weighted by molar-refractivity contribution is -0.129. The van der Waals surface area contributed by atoms with E-state index in [1.807, 2.05) is 24.3 Å². The van der Waals surface area contributed by atoms with Crippen LogP contribution in [0.5, 0.6) is 17.2 Å². The highest BCUT2D eigenvalue weighted by Gasteiger charge is 2.24. The Kier molecular flexibility index (Phi) is 8.49. The average molecular weight is 528 g/mol. The summed E-state index contributed by atoms with van der Waals surface area (Å²) in [5, 5.41) is 0. The number of methoxy groups -OCH3 is 1. The van der Waals surface area contributed by atoms with E-state index in [0.29, 0.717) is 29.0 Å². The maximum absolute atomic E-state index is 12.7. The van der Waals surface area contributed by atoms with Gasteiger partial charge < -0.3 is 18.9 Å². The smallest absolute Gasteiger partial charge is 0.363 e. The summed E-state index contributed by atoms with van der Waals surface area (Å²) in [5.74, 6) is 0.544. The van der Waals surface area contributed by atoms with E-state index < -0.39 is 11.9 Å². The minimum absolute atomic E-state index is 0.0139. The highest BCUT2D eigenvalue weighted by Crippen LogP contribution is 2.31. The Balaban J connectivity index is 1.47. The van der Waals surface area contributed by atoms with E-state index in [1.165, 1.54) is 7.11 Å².